The normalized spacial score (nSPS) is 12.4. The Morgan fingerprint density at radius 2 is 1.67 bits per heavy atom. The first kappa shape index (κ1) is 26.7. The molecular formula is C26H26N8O5. The summed E-state index contributed by atoms with van der Waals surface area (Å²) in [6, 6.07) is 13.4. The van der Waals surface area contributed by atoms with E-state index in [4.69, 9.17) is 11.5 Å². The van der Waals surface area contributed by atoms with Crippen LogP contribution in [0.2, 0.25) is 0 Å². The van der Waals surface area contributed by atoms with Crippen LogP contribution in [0.4, 0.5) is 17.5 Å². The highest BCUT2D eigenvalue weighted by Crippen LogP contribution is 2.25. The smallest absolute Gasteiger partial charge is 0.326 e. The average molecular weight is 531 g/mol. The summed E-state index contributed by atoms with van der Waals surface area (Å²) in [5, 5.41) is 21.7. The molecule has 0 saturated carbocycles. The van der Waals surface area contributed by atoms with Gasteiger partial charge in [-0.2, -0.15) is 9.97 Å². The molecular weight excluding hydrogens is 504 g/mol. The number of aliphatic carboxylic acids is 2. The number of nitrogens with two attached hydrogens (primary N) is 2. The summed E-state index contributed by atoms with van der Waals surface area (Å²) in [4.78, 5) is 54.9. The van der Waals surface area contributed by atoms with Crippen LogP contribution in [0.25, 0.3) is 11.2 Å². The van der Waals surface area contributed by atoms with Gasteiger partial charge in [-0.1, -0.05) is 30.3 Å². The van der Waals surface area contributed by atoms with Crippen LogP contribution in [0.15, 0.2) is 60.8 Å². The van der Waals surface area contributed by atoms with Crippen molar-refractivity contribution in [3.8, 4) is 0 Å². The van der Waals surface area contributed by atoms with Crippen LogP contribution in [-0.4, -0.2) is 61.1 Å². The monoisotopic (exact) mass is 530 g/mol. The topological polar surface area (TPSA) is 211 Å². The van der Waals surface area contributed by atoms with E-state index in [1.807, 2.05) is 11.9 Å². The number of carboxylic acids is 2. The predicted molar refractivity (Wildman–Crippen MR) is 143 cm³/mol. The maximum absolute atomic E-state index is 12.9. The maximum atomic E-state index is 12.9. The number of carbonyl (C=O) groups is 3. The van der Waals surface area contributed by atoms with Gasteiger partial charge >= 0.3 is 11.9 Å². The number of carboxylic acid groups (broad SMARTS) is 2. The minimum Gasteiger partial charge on any atom is -0.481 e. The molecule has 39 heavy (non-hydrogen) atoms. The van der Waals surface area contributed by atoms with E-state index in [0.717, 1.165) is 5.69 Å². The van der Waals surface area contributed by atoms with Gasteiger partial charge in [-0.25, -0.2) is 14.8 Å². The average Bonchev–Trinajstić information content (AvgIpc) is 2.91. The zero-order valence-electron chi connectivity index (χ0n) is 20.9. The first-order valence-corrected chi connectivity index (χ1v) is 11.8. The summed E-state index contributed by atoms with van der Waals surface area (Å²) >= 11 is 0. The number of carbonyl (C=O) groups excluding carboxylic acids is 1. The highest BCUT2D eigenvalue weighted by molar-refractivity contribution is 5.97. The van der Waals surface area contributed by atoms with E-state index in [1.165, 1.54) is 0 Å². The highest BCUT2D eigenvalue weighted by Gasteiger charge is 2.33. The summed E-state index contributed by atoms with van der Waals surface area (Å²) in [6.07, 6.45) is 1.09. The van der Waals surface area contributed by atoms with Gasteiger partial charge in [-0.05, 0) is 29.8 Å². The number of amides is 1. The van der Waals surface area contributed by atoms with E-state index in [9.17, 15) is 24.6 Å². The summed E-state index contributed by atoms with van der Waals surface area (Å²) < 4.78 is 0. The molecule has 4 rings (SSSR count). The molecule has 13 heteroatoms. The van der Waals surface area contributed by atoms with Gasteiger partial charge in [-0.15, -0.1) is 0 Å². The van der Waals surface area contributed by atoms with E-state index in [1.54, 1.807) is 60.8 Å². The summed E-state index contributed by atoms with van der Waals surface area (Å²) in [7, 11) is 1.82. The van der Waals surface area contributed by atoms with Gasteiger partial charge in [0, 0.05) is 24.2 Å². The quantitative estimate of drug-likeness (QED) is 0.198. The number of fused-ring (bicyclic) bond motifs is 1. The summed E-state index contributed by atoms with van der Waals surface area (Å²) in [5.74, 6) is -3.97. The number of rotatable bonds is 10. The van der Waals surface area contributed by atoms with Crippen molar-refractivity contribution in [3.63, 3.8) is 0 Å². The van der Waals surface area contributed by atoms with Crippen molar-refractivity contribution in [1.29, 1.82) is 0 Å². The maximum Gasteiger partial charge on any atom is 0.326 e. The molecule has 0 fully saturated rings. The van der Waals surface area contributed by atoms with Crippen molar-refractivity contribution >= 4 is 46.5 Å². The molecule has 2 atom stereocenters. The molecule has 0 spiro atoms. The zero-order valence-corrected chi connectivity index (χ0v) is 20.9. The Morgan fingerprint density at radius 1 is 0.974 bits per heavy atom. The molecule has 0 aliphatic heterocycles. The minimum absolute atomic E-state index is 0.00967. The molecule has 7 N–H and O–H groups in total. The first-order chi connectivity index (χ1) is 18.6. The fourth-order valence-corrected chi connectivity index (χ4v) is 4.14. The third-order valence-electron chi connectivity index (χ3n) is 6.05. The van der Waals surface area contributed by atoms with Crippen molar-refractivity contribution < 1.29 is 24.6 Å². The van der Waals surface area contributed by atoms with Crippen LogP contribution in [0.1, 0.15) is 34.0 Å². The molecule has 200 valence electrons. The van der Waals surface area contributed by atoms with Crippen molar-refractivity contribution in [3.05, 3.63) is 77.6 Å². The van der Waals surface area contributed by atoms with Gasteiger partial charge in [-0.3, -0.25) is 9.59 Å². The summed E-state index contributed by atoms with van der Waals surface area (Å²) in [5.41, 5.74) is 14.2. The molecule has 13 nitrogen and oxygen atoms in total. The van der Waals surface area contributed by atoms with E-state index in [0.29, 0.717) is 29.0 Å². The number of nitrogen functional groups attached to an aromatic ring is 2. The fourth-order valence-electron chi connectivity index (χ4n) is 4.14. The second-order valence-electron chi connectivity index (χ2n) is 8.81. The Bertz CT molecular complexity index is 1510. The molecule has 0 aliphatic carbocycles. The van der Waals surface area contributed by atoms with Gasteiger partial charge in [0.25, 0.3) is 5.91 Å². The van der Waals surface area contributed by atoms with Gasteiger partial charge in [0.2, 0.25) is 5.95 Å². The predicted octanol–water partition coefficient (Wildman–Crippen LogP) is 1.66. The van der Waals surface area contributed by atoms with Crippen molar-refractivity contribution in [2.75, 3.05) is 23.4 Å². The Balaban J connectivity index is 1.48. The standard InChI is InChI=1S/C26H26N8O5/c1-34(13-16-12-29-23-21(30-16)22(27)32-26(28)33-23)17-9-7-15(8-10-17)24(37)31-20(25(38)39)18(11-19(35)36)14-5-3-2-4-6-14/h2-10,12,18,20H,11,13H2,1H3,(H,31,37)(H,35,36)(H,38,39)(H4,27,28,29,32,33)/t18?,20-/m0/s1. The molecule has 2 aromatic carbocycles. The SMILES string of the molecule is CN(Cc1cnc2nc(N)nc(N)c2n1)c1ccc(C(=O)N[C@H](C(=O)O)C(CC(=O)O)c2ccccc2)cc1. The number of hydrogen-bond donors (Lipinski definition) is 5. The van der Waals surface area contributed by atoms with Gasteiger partial charge in [0.1, 0.15) is 6.04 Å². The van der Waals surface area contributed by atoms with E-state index in [2.05, 4.69) is 25.3 Å². The number of nitrogens with zero attached hydrogens (tertiary/aromatic N) is 5. The lowest BCUT2D eigenvalue weighted by atomic mass is 9.88. The third kappa shape index (κ3) is 6.33. The molecule has 0 aliphatic rings. The minimum atomic E-state index is -1.45. The molecule has 0 radical (unpaired) electrons. The van der Waals surface area contributed by atoms with Crippen LogP contribution in [0.3, 0.4) is 0 Å². The number of nitrogens with one attached hydrogen (secondary N) is 1. The van der Waals surface area contributed by atoms with Crippen LogP contribution < -0.4 is 21.7 Å². The number of anilines is 3. The second-order valence-corrected chi connectivity index (χ2v) is 8.81. The van der Waals surface area contributed by atoms with E-state index >= 15 is 0 Å². The second kappa shape index (κ2) is 11.4. The van der Waals surface area contributed by atoms with Crippen LogP contribution >= 0.6 is 0 Å². The molecule has 0 saturated heterocycles. The molecule has 0 bridgehead atoms. The van der Waals surface area contributed by atoms with Crippen molar-refractivity contribution in [1.82, 2.24) is 25.3 Å². The molecule has 4 aromatic rings. The van der Waals surface area contributed by atoms with Crippen LogP contribution in [0, 0.1) is 0 Å². The highest BCUT2D eigenvalue weighted by atomic mass is 16.4. The Labute approximate surface area is 222 Å². The van der Waals surface area contributed by atoms with E-state index in [-0.39, 0.29) is 17.3 Å². The van der Waals surface area contributed by atoms with Gasteiger partial charge in [0.05, 0.1) is 24.9 Å². The van der Waals surface area contributed by atoms with Crippen LogP contribution in [-0.2, 0) is 16.1 Å². The lowest BCUT2D eigenvalue weighted by Gasteiger charge is -2.24. The van der Waals surface area contributed by atoms with E-state index < -0.39 is 36.2 Å². The Kier molecular flexibility index (Phi) is 7.80. The largest absolute Gasteiger partial charge is 0.481 e. The van der Waals surface area contributed by atoms with Crippen molar-refractivity contribution in [2.24, 2.45) is 0 Å². The van der Waals surface area contributed by atoms with Gasteiger partial charge in [0.15, 0.2) is 17.0 Å². The number of aromatic nitrogens is 4. The Morgan fingerprint density at radius 3 is 2.31 bits per heavy atom. The summed E-state index contributed by atoms with van der Waals surface area (Å²) in [6.45, 7) is 0.354. The molecule has 2 heterocycles. The zero-order chi connectivity index (χ0) is 28.1. The number of benzene rings is 2. The molecule has 1 amide bonds. The number of hydrogen-bond acceptors (Lipinski definition) is 10. The van der Waals surface area contributed by atoms with Crippen LogP contribution in [0.5, 0.6) is 0 Å². The van der Waals surface area contributed by atoms with Gasteiger partial charge < -0.3 is 31.9 Å². The first-order valence-electron chi connectivity index (χ1n) is 11.8. The molecule has 2 aromatic heterocycles. The molecule has 1 unspecified atom stereocenters. The Hall–Kier alpha value is -5.33. The third-order valence-corrected chi connectivity index (χ3v) is 6.05. The fraction of sp³-hybridized carbons (Fsp3) is 0.192. The lowest BCUT2D eigenvalue weighted by molar-refractivity contribution is -0.141. The lowest BCUT2D eigenvalue weighted by Crippen LogP contribution is -2.45. The van der Waals surface area contributed by atoms with Crippen molar-refractivity contribution in [2.45, 2.75) is 24.9 Å².